The molecule has 2 aromatic heterocycles. The Balaban J connectivity index is 1.92. The molecule has 20 heavy (non-hydrogen) atoms. The van der Waals surface area contributed by atoms with Gasteiger partial charge in [-0.3, -0.25) is 14.1 Å². The van der Waals surface area contributed by atoms with Crippen LogP contribution in [0.1, 0.15) is 18.2 Å². The van der Waals surface area contributed by atoms with E-state index in [2.05, 4.69) is 22.1 Å². The fourth-order valence-electron chi connectivity index (χ4n) is 2.77. The highest BCUT2D eigenvalue weighted by atomic mass is 16.1. The molecule has 106 valence electrons. The zero-order chi connectivity index (χ0) is 14.1. The molecular formula is C15H20N4O. The normalized spacial score (nSPS) is 20.4. The minimum Gasteiger partial charge on any atom is -0.312 e. The first-order valence-corrected chi connectivity index (χ1v) is 7.07. The van der Waals surface area contributed by atoms with Crippen LogP contribution in [0, 0.1) is 6.92 Å². The highest BCUT2D eigenvalue weighted by Gasteiger charge is 2.16. The fourth-order valence-corrected chi connectivity index (χ4v) is 2.77. The van der Waals surface area contributed by atoms with Crippen molar-refractivity contribution in [2.75, 3.05) is 19.6 Å². The van der Waals surface area contributed by atoms with E-state index in [9.17, 15) is 4.79 Å². The van der Waals surface area contributed by atoms with Crippen LogP contribution in [0.4, 0.5) is 0 Å². The zero-order valence-corrected chi connectivity index (χ0v) is 12.0. The number of pyridine rings is 1. The third-order valence-electron chi connectivity index (χ3n) is 3.78. The quantitative estimate of drug-likeness (QED) is 0.878. The number of fused-ring (bicyclic) bond motifs is 1. The summed E-state index contributed by atoms with van der Waals surface area (Å²) in [6.45, 7) is 7.89. The van der Waals surface area contributed by atoms with Gasteiger partial charge in [0.2, 0.25) is 0 Å². The van der Waals surface area contributed by atoms with Gasteiger partial charge in [-0.05, 0) is 25.5 Å². The topological polar surface area (TPSA) is 49.6 Å². The molecule has 5 nitrogen and oxygen atoms in total. The van der Waals surface area contributed by atoms with Crippen LogP contribution < -0.4 is 10.9 Å². The number of hydrogen-bond donors (Lipinski definition) is 1. The van der Waals surface area contributed by atoms with Gasteiger partial charge in [0.1, 0.15) is 5.65 Å². The van der Waals surface area contributed by atoms with Gasteiger partial charge in [0, 0.05) is 44.5 Å². The molecule has 0 unspecified atom stereocenters. The van der Waals surface area contributed by atoms with Gasteiger partial charge in [-0.15, -0.1) is 0 Å². The molecule has 1 aliphatic rings. The minimum atomic E-state index is -0.00289. The maximum absolute atomic E-state index is 12.1. The lowest BCUT2D eigenvalue weighted by molar-refractivity contribution is 0.197. The Morgan fingerprint density at radius 3 is 3.15 bits per heavy atom. The molecule has 0 aromatic carbocycles. The van der Waals surface area contributed by atoms with Gasteiger partial charge in [0.25, 0.3) is 5.56 Å². The Bertz CT molecular complexity index is 679. The average Bonchev–Trinajstić information content (AvgIpc) is 2.40. The van der Waals surface area contributed by atoms with Crippen LogP contribution in [-0.4, -0.2) is 40.0 Å². The number of rotatable bonds is 2. The lowest BCUT2D eigenvalue weighted by atomic mass is 10.2. The first kappa shape index (κ1) is 13.3. The lowest BCUT2D eigenvalue weighted by Crippen LogP contribution is -2.48. The highest BCUT2D eigenvalue weighted by Crippen LogP contribution is 2.08. The number of aromatic nitrogens is 2. The average molecular weight is 272 g/mol. The van der Waals surface area contributed by atoms with E-state index in [-0.39, 0.29) is 5.56 Å². The Hall–Kier alpha value is -1.72. The van der Waals surface area contributed by atoms with Crippen molar-refractivity contribution in [2.45, 2.75) is 26.4 Å². The van der Waals surface area contributed by atoms with Gasteiger partial charge in [-0.1, -0.05) is 6.07 Å². The fraction of sp³-hybridized carbons (Fsp3) is 0.467. The van der Waals surface area contributed by atoms with E-state index in [1.165, 1.54) is 0 Å². The second-order valence-corrected chi connectivity index (χ2v) is 5.56. The molecule has 0 amide bonds. The number of aryl methyl sites for hydroxylation is 1. The highest BCUT2D eigenvalue weighted by molar-refractivity contribution is 5.46. The minimum absolute atomic E-state index is 0.00289. The number of nitrogens with one attached hydrogen (secondary N) is 1. The molecule has 0 saturated carbocycles. The summed E-state index contributed by atoms with van der Waals surface area (Å²) in [5.41, 5.74) is 2.65. The van der Waals surface area contributed by atoms with Crippen molar-refractivity contribution in [3.63, 3.8) is 0 Å². The third kappa shape index (κ3) is 2.59. The summed E-state index contributed by atoms with van der Waals surface area (Å²) in [4.78, 5) is 19.2. The molecular weight excluding hydrogens is 252 g/mol. The molecule has 1 aliphatic heterocycles. The maximum atomic E-state index is 12.1. The molecule has 1 saturated heterocycles. The summed E-state index contributed by atoms with van der Waals surface area (Å²) in [5, 5.41) is 3.42. The van der Waals surface area contributed by atoms with E-state index in [1.54, 1.807) is 16.7 Å². The Morgan fingerprint density at radius 2 is 2.35 bits per heavy atom. The van der Waals surface area contributed by atoms with Gasteiger partial charge < -0.3 is 5.32 Å². The SMILES string of the molecule is Cc1cccn2c(=O)cc(CN3CCN[C@H](C)C3)nc12. The lowest BCUT2D eigenvalue weighted by Gasteiger charge is -2.31. The summed E-state index contributed by atoms with van der Waals surface area (Å²) in [6.07, 6.45) is 1.77. The first-order chi connectivity index (χ1) is 9.63. The monoisotopic (exact) mass is 272 g/mol. The van der Waals surface area contributed by atoms with Crippen molar-refractivity contribution in [3.8, 4) is 0 Å². The van der Waals surface area contributed by atoms with Crippen LogP contribution in [0.5, 0.6) is 0 Å². The molecule has 0 spiro atoms. The Morgan fingerprint density at radius 1 is 1.50 bits per heavy atom. The van der Waals surface area contributed by atoms with Crippen molar-refractivity contribution in [1.82, 2.24) is 19.6 Å². The predicted molar refractivity (Wildman–Crippen MR) is 78.9 cm³/mol. The number of piperazine rings is 1. The van der Waals surface area contributed by atoms with E-state index in [4.69, 9.17) is 0 Å². The van der Waals surface area contributed by atoms with Crippen LogP contribution in [0.3, 0.4) is 0 Å². The van der Waals surface area contributed by atoms with Crippen molar-refractivity contribution >= 4 is 5.65 Å². The molecule has 1 atom stereocenters. The molecule has 3 rings (SSSR count). The zero-order valence-electron chi connectivity index (χ0n) is 12.0. The first-order valence-electron chi connectivity index (χ1n) is 7.07. The van der Waals surface area contributed by atoms with Crippen LogP contribution >= 0.6 is 0 Å². The van der Waals surface area contributed by atoms with Crippen molar-refractivity contribution in [2.24, 2.45) is 0 Å². The molecule has 1 fully saturated rings. The Labute approximate surface area is 118 Å². The van der Waals surface area contributed by atoms with E-state index >= 15 is 0 Å². The van der Waals surface area contributed by atoms with E-state index in [1.807, 2.05) is 19.1 Å². The summed E-state index contributed by atoms with van der Waals surface area (Å²) in [5.74, 6) is 0. The van der Waals surface area contributed by atoms with Crippen molar-refractivity contribution < 1.29 is 0 Å². The largest absolute Gasteiger partial charge is 0.312 e. The van der Waals surface area contributed by atoms with Gasteiger partial charge in [0.15, 0.2) is 0 Å². The van der Waals surface area contributed by atoms with Gasteiger partial charge in [-0.2, -0.15) is 0 Å². The van der Waals surface area contributed by atoms with E-state index in [0.29, 0.717) is 6.04 Å². The smallest absolute Gasteiger partial charge is 0.258 e. The van der Waals surface area contributed by atoms with Crippen LogP contribution in [0.25, 0.3) is 5.65 Å². The predicted octanol–water partition coefficient (Wildman–Crippen LogP) is 0.797. The molecule has 2 aromatic rings. The second kappa shape index (κ2) is 5.34. The van der Waals surface area contributed by atoms with E-state index < -0.39 is 0 Å². The van der Waals surface area contributed by atoms with Crippen LogP contribution in [0.15, 0.2) is 29.2 Å². The van der Waals surface area contributed by atoms with Gasteiger partial charge in [-0.25, -0.2) is 4.98 Å². The van der Waals surface area contributed by atoms with Crippen molar-refractivity contribution in [1.29, 1.82) is 0 Å². The summed E-state index contributed by atoms with van der Waals surface area (Å²) < 4.78 is 1.61. The number of hydrogen-bond acceptors (Lipinski definition) is 4. The summed E-state index contributed by atoms with van der Waals surface area (Å²) in [6, 6.07) is 6.01. The molecule has 0 radical (unpaired) electrons. The number of nitrogens with zero attached hydrogens (tertiary/aromatic N) is 3. The summed E-state index contributed by atoms with van der Waals surface area (Å²) in [7, 11) is 0. The van der Waals surface area contributed by atoms with Gasteiger partial charge in [0.05, 0.1) is 5.69 Å². The molecule has 0 aliphatic carbocycles. The molecule has 0 bridgehead atoms. The van der Waals surface area contributed by atoms with Crippen LogP contribution in [-0.2, 0) is 6.54 Å². The second-order valence-electron chi connectivity index (χ2n) is 5.56. The van der Waals surface area contributed by atoms with Gasteiger partial charge >= 0.3 is 0 Å². The third-order valence-corrected chi connectivity index (χ3v) is 3.78. The molecule has 1 N–H and O–H groups in total. The van der Waals surface area contributed by atoms with E-state index in [0.717, 1.165) is 43.1 Å². The summed E-state index contributed by atoms with van der Waals surface area (Å²) >= 11 is 0. The molecule has 5 heteroatoms. The molecule has 3 heterocycles. The van der Waals surface area contributed by atoms with Crippen LogP contribution in [0.2, 0.25) is 0 Å². The standard InChI is InChI=1S/C15H20N4O/c1-11-4-3-6-19-14(20)8-13(17-15(11)19)10-18-7-5-16-12(2)9-18/h3-4,6,8,12,16H,5,7,9-10H2,1-2H3/t12-/m1/s1. The van der Waals surface area contributed by atoms with Crippen molar-refractivity contribution in [3.05, 3.63) is 46.0 Å². The maximum Gasteiger partial charge on any atom is 0.258 e. The Kier molecular flexibility index (Phi) is 3.54.